The third kappa shape index (κ3) is 5.48. The SMILES string of the molecule is C=CCn1c(SCC(=O)Nc2ccccc2C)nnc1C(C)Oc1ccccc1. The number of rotatable bonds is 9. The summed E-state index contributed by atoms with van der Waals surface area (Å²) >= 11 is 1.34. The number of hydrogen-bond acceptors (Lipinski definition) is 5. The lowest BCUT2D eigenvalue weighted by molar-refractivity contribution is -0.113. The minimum Gasteiger partial charge on any atom is -0.483 e. The van der Waals surface area contributed by atoms with E-state index in [-0.39, 0.29) is 17.8 Å². The van der Waals surface area contributed by atoms with E-state index in [1.165, 1.54) is 11.8 Å². The van der Waals surface area contributed by atoms with Crippen LogP contribution in [0.4, 0.5) is 5.69 Å². The number of hydrogen-bond donors (Lipinski definition) is 1. The summed E-state index contributed by atoms with van der Waals surface area (Å²) in [5, 5.41) is 12.1. The Morgan fingerprint density at radius 1 is 1.21 bits per heavy atom. The molecule has 7 heteroatoms. The van der Waals surface area contributed by atoms with E-state index >= 15 is 0 Å². The molecule has 1 aromatic heterocycles. The topological polar surface area (TPSA) is 69.0 Å². The number of aryl methyl sites for hydroxylation is 1. The average molecular weight is 409 g/mol. The van der Waals surface area contributed by atoms with Crippen molar-refractivity contribution in [3.63, 3.8) is 0 Å². The highest BCUT2D eigenvalue weighted by Crippen LogP contribution is 2.25. The molecule has 29 heavy (non-hydrogen) atoms. The second-order valence-corrected chi connectivity index (χ2v) is 7.41. The van der Waals surface area contributed by atoms with E-state index in [0.717, 1.165) is 17.0 Å². The molecular formula is C22H24N4O2S. The summed E-state index contributed by atoms with van der Waals surface area (Å²) in [5.41, 5.74) is 1.84. The molecule has 0 aliphatic heterocycles. The fourth-order valence-corrected chi connectivity index (χ4v) is 3.55. The summed E-state index contributed by atoms with van der Waals surface area (Å²) in [7, 11) is 0. The summed E-state index contributed by atoms with van der Waals surface area (Å²) in [6, 6.07) is 17.3. The molecule has 2 aromatic carbocycles. The van der Waals surface area contributed by atoms with E-state index < -0.39 is 0 Å². The number of benzene rings is 2. The predicted molar refractivity (Wildman–Crippen MR) is 116 cm³/mol. The van der Waals surface area contributed by atoms with Crippen LogP contribution in [0.5, 0.6) is 5.75 Å². The van der Waals surface area contributed by atoms with Crippen molar-refractivity contribution in [2.24, 2.45) is 0 Å². The number of anilines is 1. The van der Waals surface area contributed by atoms with Gasteiger partial charge in [-0.25, -0.2) is 0 Å². The molecule has 1 N–H and O–H groups in total. The van der Waals surface area contributed by atoms with Gasteiger partial charge in [0, 0.05) is 12.2 Å². The van der Waals surface area contributed by atoms with E-state index in [1.54, 1.807) is 6.08 Å². The van der Waals surface area contributed by atoms with Gasteiger partial charge in [-0.3, -0.25) is 9.36 Å². The van der Waals surface area contributed by atoms with Crippen molar-refractivity contribution in [1.82, 2.24) is 14.8 Å². The Morgan fingerprint density at radius 2 is 1.93 bits per heavy atom. The maximum atomic E-state index is 12.4. The van der Waals surface area contributed by atoms with E-state index in [2.05, 4.69) is 22.1 Å². The molecule has 0 aliphatic rings. The van der Waals surface area contributed by atoms with Crippen molar-refractivity contribution in [2.75, 3.05) is 11.1 Å². The highest BCUT2D eigenvalue weighted by molar-refractivity contribution is 7.99. The molecule has 3 rings (SSSR count). The zero-order chi connectivity index (χ0) is 20.6. The molecular weight excluding hydrogens is 384 g/mol. The van der Waals surface area contributed by atoms with Gasteiger partial charge in [0.2, 0.25) is 5.91 Å². The summed E-state index contributed by atoms with van der Waals surface area (Å²) in [6.07, 6.45) is 1.49. The number of nitrogens with zero attached hydrogens (tertiary/aromatic N) is 3. The quantitative estimate of drug-likeness (QED) is 0.412. The number of para-hydroxylation sites is 2. The van der Waals surface area contributed by atoms with Gasteiger partial charge in [-0.15, -0.1) is 16.8 Å². The first-order chi connectivity index (χ1) is 14.1. The summed E-state index contributed by atoms with van der Waals surface area (Å²) in [6.45, 7) is 8.24. The molecule has 150 valence electrons. The Kier molecular flexibility index (Phi) is 7.08. The van der Waals surface area contributed by atoms with Crippen molar-refractivity contribution in [3.05, 3.63) is 78.6 Å². The van der Waals surface area contributed by atoms with Crippen molar-refractivity contribution >= 4 is 23.4 Å². The molecule has 0 saturated carbocycles. The Balaban J connectivity index is 1.67. The number of aromatic nitrogens is 3. The smallest absolute Gasteiger partial charge is 0.234 e. The molecule has 0 aliphatic carbocycles. The van der Waals surface area contributed by atoms with Crippen LogP contribution in [0.25, 0.3) is 0 Å². The molecule has 0 spiro atoms. The zero-order valence-corrected chi connectivity index (χ0v) is 17.4. The average Bonchev–Trinajstić information content (AvgIpc) is 3.12. The molecule has 3 aromatic rings. The number of allylic oxidation sites excluding steroid dienone is 1. The first-order valence-electron chi connectivity index (χ1n) is 9.32. The first kappa shape index (κ1) is 20.7. The van der Waals surface area contributed by atoms with Crippen LogP contribution >= 0.6 is 11.8 Å². The number of carbonyl (C=O) groups is 1. The maximum Gasteiger partial charge on any atom is 0.234 e. The van der Waals surface area contributed by atoms with Crippen LogP contribution in [0.15, 0.2) is 72.4 Å². The van der Waals surface area contributed by atoms with Gasteiger partial charge < -0.3 is 10.1 Å². The molecule has 1 amide bonds. The zero-order valence-electron chi connectivity index (χ0n) is 16.5. The van der Waals surface area contributed by atoms with Crippen molar-refractivity contribution in [3.8, 4) is 5.75 Å². The third-order valence-corrected chi connectivity index (χ3v) is 5.20. The van der Waals surface area contributed by atoms with E-state index in [0.29, 0.717) is 17.5 Å². The van der Waals surface area contributed by atoms with Crippen LogP contribution in [0.3, 0.4) is 0 Å². The number of thioether (sulfide) groups is 1. The van der Waals surface area contributed by atoms with Crippen LogP contribution in [-0.2, 0) is 11.3 Å². The first-order valence-corrected chi connectivity index (χ1v) is 10.3. The standard InChI is InChI=1S/C22H24N4O2S/c1-4-14-26-21(17(3)28-18-11-6-5-7-12-18)24-25-22(26)29-15-20(27)23-19-13-9-8-10-16(19)2/h4-13,17H,1,14-15H2,2-3H3,(H,23,27). The molecule has 0 radical (unpaired) electrons. The minimum absolute atomic E-state index is 0.0902. The Morgan fingerprint density at radius 3 is 2.66 bits per heavy atom. The highest BCUT2D eigenvalue weighted by Gasteiger charge is 2.19. The normalized spacial score (nSPS) is 11.7. The Bertz CT molecular complexity index is 972. The molecule has 1 unspecified atom stereocenters. The monoisotopic (exact) mass is 408 g/mol. The van der Waals surface area contributed by atoms with Crippen LogP contribution in [-0.4, -0.2) is 26.4 Å². The van der Waals surface area contributed by atoms with Gasteiger partial charge in [-0.2, -0.15) is 0 Å². The van der Waals surface area contributed by atoms with E-state index in [1.807, 2.05) is 73.0 Å². The van der Waals surface area contributed by atoms with Crippen molar-refractivity contribution in [1.29, 1.82) is 0 Å². The predicted octanol–water partition coefficient (Wildman–Crippen LogP) is 4.64. The minimum atomic E-state index is -0.292. The van der Waals surface area contributed by atoms with Crippen LogP contribution in [0, 0.1) is 6.92 Å². The van der Waals surface area contributed by atoms with Gasteiger partial charge in [0.15, 0.2) is 17.1 Å². The van der Waals surface area contributed by atoms with Crippen LogP contribution < -0.4 is 10.1 Å². The van der Waals surface area contributed by atoms with Crippen LogP contribution in [0.2, 0.25) is 0 Å². The van der Waals surface area contributed by atoms with E-state index in [4.69, 9.17) is 4.74 Å². The molecule has 0 fully saturated rings. The maximum absolute atomic E-state index is 12.4. The van der Waals surface area contributed by atoms with Gasteiger partial charge in [0.25, 0.3) is 0 Å². The molecule has 1 atom stereocenters. The van der Waals surface area contributed by atoms with Gasteiger partial charge in [0.05, 0.1) is 5.75 Å². The van der Waals surface area contributed by atoms with E-state index in [9.17, 15) is 4.79 Å². The summed E-state index contributed by atoms with van der Waals surface area (Å²) in [5.74, 6) is 1.60. The van der Waals surface area contributed by atoms with Gasteiger partial charge in [0.1, 0.15) is 5.75 Å². The number of amides is 1. The third-order valence-electron chi connectivity index (χ3n) is 4.23. The van der Waals surface area contributed by atoms with Gasteiger partial charge in [-0.1, -0.05) is 54.2 Å². The fraction of sp³-hybridized carbons (Fsp3) is 0.227. The van der Waals surface area contributed by atoms with Gasteiger partial charge >= 0.3 is 0 Å². The lowest BCUT2D eigenvalue weighted by Crippen LogP contribution is -2.16. The van der Waals surface area contributed by atoms with Crippen molar-refractivity contribution in [2.45, 2.75) is 31.7 Å². The number of nitrogens with one attached hydrogen (secondary N) is 1. The lowest BCUT2D eigenvalue weighted by Gasteiger charge is -2.15. The Labute approximate surface area is 175 Å². The van der Waals surface area contributed by atoms with Crippen molar-refractivity contribution < 1.29 is 9.53 Å². The molecule has 0 bridgehead atoms. The Hall–Kier alpha value is -3.06. The van der Waals surface area contributed by atoms with Gasteiger partial charge in [-0.05, 0) is 37.6 Å². The van der Waals surface area contributed by atoms with Crippen LogP contribution in [0.1, 0.15) is 24.4 Å². The molecule has 1 heterocycles. The number of carbonyl (C=O) groups excluding carboxylic acids is 1. The lowest BCUT2D eigenvalue weighted by atomic mass is 10.2. The summed E-state index contributed by atoms with van der Waals surface area (Å²) in [4.78, 5) is 12.4. The second-order valence-electron chi connectivity index (χ2n) is 6.46. The fourth-order valence-electron chi connectivity index (χ4n) is 2.79. The molecule has 0 saturated heterocycles. The number of ether oxygens (including phenoxy) is 1. The molecule has 6 nitrogen and oxygen atoms in total. The largest absolute Gasteiger partial charge is 0.483 e. The highest BCUT2D eigenvalue weighted by atomic mass is 32.2. The summed E-state index contributed by atoms with van der Waals surface area (Å²) < 4.78 is 7.90. The second kappa shape index (κ2) is 9.93.